The van der Waals surface area contributed by atoms with Crippen molar-refractivity contribution in [1.29, 1.82) is 0 Å². The van der Waals surface area contributed by atoms with Gasteiger partial charge in [0.25, 0.3) is 0 Å². The topological polar surface area (TPSA) is 9.23 Å². The molecule has 0 spiro atoms. The molecule has 0 heterocycles. The van der Waals surface area contributed by atoms with Crippen LogP contribution in [0.25, 0.3) is 0 Å². The van der Waals surface area contributed by atoms with Crippen molar-refractivity contribution < 1.29 is 4.43 Å². The molecule has 0 aliphatic carbocycles. The van der Waals surface area contributed by atoms with Gasteiger partial charge in [-0.1, -0.05) is 41.5 Å². The van der Waals surface area contributed by atoms with E-state index in [0.29, 0.717) is 10.5 Å². The Morgan fingerprint density at radius 2 is 1.62 bits per heavy atom. The molecule has 0 bridgehead atoms. The van der Waals surface area contributed by atoms with Gasteiger partial charge in [-0.2, -0.15) is 0 Å². The van der Waals surface area contributed by atoms with Gasteiger partial charge in [-0.25, -0.2) is 0 Å². The van der Waals surface area contributed by atoms with Crippen molar-refractivity contribution in [2.24, 2.45) is 5.41 Å². The monoisotopic (exact) mass is 195 g/mol. The second kappa shape index (κ2) is 6.29. The molecule has 75 valence electrons. The van der Waals surface area contributed by atoms with Crippen LogP contribution in [0.2, 0.25) is 5.04 Å². The van der Waals surface area contributed by atoms with E-state index < -0.39 is 9.76 Å². The first kappa shape index (κ1) is 16.2. The SMILES string of the molecule is [CH2]CCO[SiH2]C(C)(C)C(C)(C)C.[LiH]. The Kier molecular flexibility index (Phi) is 7.85. The minimum atomic E-state index is -0.416. The first-order chi connectivity index (χ1) is 5.31. The van der Waals surface area contributed by atoms with Crippen LogP contribution in [0.5, 0.6) is 0 Å². The van der Waals surface area contributed by atoms with Crippen LogP contribution in [-0.2, 0) is 4.43 Å². The van der Waals surface area contributed by atoms with Gasteiger partial charge in [0.05, 0.1) is 0 Å². The fourth-order valence-electron chi connectivity index (χ4n) is 0.646. The van der Waals surface area contributed by atoms with Crippen molar-refractivity contribution >= 4 is 28.6 Å². The zero-order valence-electron chi connectivity index (χ0n) is 9.24. The third-order valence-electron chi connectivity index (χ3n) is 2.78. The second-order valence-corrected chi connectivity index (χ2v) is 7.50. The molecular weight excluding hydrogens is 171 g/mol. The van der Waals surface area contributed by atoms with Crippen molar-refractivity contribution in [3.05, 3.63) is 6.92 Å². The van der Waals surface area contributed by atoms with E-state index in [1.807, 2.05) is 0 Å². The van der Waals surface area contributed by atoms with Crippen LogP contribution < -0.4 is 0 Å². The van der Waals surface area contributed by atoms with E-state index in [4.69, 9.17) is 4.43 Å². The minimum absolute atomic E-state index is 0. The van der Waals surface area contributed by atoms with Gasteiger partial charge in [-0.15, -0.1) is 0 Å². The van der Waals surface area contributed by atoms with E-state index in [2.05, 4.69) is 41.5 Å². The van der Waals surface area contributed by atoms with Gasteiger partial charge < -0.3 is 4.43 Å². The van der Waals surface area contributed by atoms with E-state index in [0.717, 1.165) is 13.0 Å². The molecule has 13 heavy (non-hydrogen) atoms. The summed E-state index contributed by atoms with van der Waals surface area (Å²) in [6.45, 7) is 16.1. The Hall–Kier alpha value is 0.774. The molecule has 3 heteroatoms. The van der Waals surface area contributed by atoms with Crippen molar-refractivity contribution in [1.82, 2.24) is 0 Å². The van der Waals surface area contributed by atoms with E-state index >= 15 is 0 Å². The molecule has 0 aromatic carbocycles. The predicted octanol–water partition coefficient (Wildman–Crippen LogP) is 1.91. The molecule has 0 amide bonds. The molecule has 0 aliphatic rings. The van der Waals surface area contributed by atoms with Gasteiger partial charge >= 0.3 is 18.9 Å². The van der Waals surface area contributed by atoms with Crippen LogP contribution in [0.1, 0.15) is 41.0 Å². The van der Waals surface area contributed by atoms with E-state index in [1.54, 1.807) is 0 Å². The third kappa shape index (κ3) is 5.96. The molecule has 1 nitrogen and oxygen atoms in total. The van der Waals surface area contributed by atoms with Crippen LogP contribution in [0, 0.1) is 12.3 Å². The van der Waals surface area contributed by atoms with Gasteiger partial charge in [-0.05, 0) is 16.9 Å². The summed E-state index contributed by atoms with van der Waals surface area (Å²) in [5.74, 6) is 0. The Morgan fingerprint density at radius 3 is 1.92 bits per heavy atom. The Labute approximate surface area is 98.1 Å². The summed E-state index contributed by atoms with van der Waals surface area (Å²) in [4.78, 5) is 0. The van der Waals surface area contributed by atoms with Gasteiger partial charge in [-0.3, -0.25) is 0 Å². The molecule has 0 aromatic heterocycles. The molecule has 0 rings (SSSR count). The van der Waals surface area contributed by atoms with Crippen LogP contribution >= 0.6 is 0 Å². The molecule has 0 aromatic rings. The number of hydrogen-bond acceptors (Lipinski definition) is 1. The van der Waals surface area contributed by atoms with Crippen molar-refractivity contribution in [3.8, 4) is 0 Å². The summed E-state index contributed by atoms with van der Waals surface area (Å²) in [5, 5.41) is 0.377. The van der Waals surface area contributed by atoms with E-state index in [1.165, 1.54) is 0 Å². The van der Waals surface area contributed by atoms with Crippen molar-refractivity contribution in [2.45, 2.75) is 46.1 Å². The molecule has 0 unspecified atom stereocenters. The van der Waals surface area contributed by atoms with Crippen LogP contribution in [-0.4, -0.2) is 35.2 Å². The first-order valence-corrected chi connectivity index (χ1v) is 5.97. The fraction of sp³-hybridized carbons (Fsp3) is 0.900. The predicted molar refractivity (Wildman–Crippen MR) is 65.1 cm³/mol. The maximum absolute atomic E-state index is 5.65. The Bertz CT molecular complexity index is 129. The standard InChI is InChI=1S/C10H23OSi.Li.H/c1-7-8-11-12-10(5,6)9(2,3)4;;/h1,7-8,12H2,2-6H3;;. The first-order valence-electron chi connectivity index (χ1n) is 4.68. The number of hydrogen-bond donors (Lipinski definition) is 0. The summed E-state index contributed by atoms with van der Waals surface area (Å²) in [5.41, 5.74) is 0.362. The fourth-order valence-corrected chi connectivity index (χ4v) is 1.94. The normalized spacial score (nSPS) is 13.4. The molecular formula is C10H24LiOSi. The molecule has 0 fully saturated rings. The maximum atomic E-state index is 5.65. The zero-order chi connectivity index (χ0) is 9.83. The van der Waals surface area contributed by atoms with Crippen LogP contribution in [0.4, 0.5) is 0 Å². The van der Waals surface area contributed by atoms with Crippen molar-refractivity contribution in [3.63, 3.8) is 0 Å². The quantitative estimate of drug-likeness (QED) is 0.492. The summed E-state index contributed by atoms with van der Waals surface area (Å²) in [7, 11) is -0.416. The third-order valence-corrected chi connectivity index (χ3v) is 5.06. The van der Waals surface area contributed by atoms with Gasteiger partial charge in [0.15, 0.2) is 9.76 Å². The zero-order valence-corrected chi connectivity index (χ0v) is 10.7. The molecule has 1 radical (unpaired) electrons. The molecule has 0 saturated heterocycles. The molecule has 0 aliphatic heterocycles. The Balaban J connectivity index is 0. The van der Waals surface area contributed by atoms with Crippen LogP contribution in [0.15, 0.2) is 0 Å². The van der Waals surface area contributed by atoms with E-state index in [-0.39, 0.29) is 18.9 Å². The van der Waals surface area contributed by atoms with Gasteiger partial charge in [0.1, 0.15) is 0 Å². The average Bonchev–Trinajstić information content (AvgIpc) is 1.85. The summed E-state index contributed by atoms with van der Waals surface area (Å²) >= 11 is 0. The molecule has 0 N–H and O–H groups in total. The summed E-state index contributed by atoms with van der Waals surface area (Å²) in [6.07, 6.45) is 0.896. The van der Waals surface area contributed by atoms with Crippen molar-refractivity contribution in [2.75, 3.05) is 6.61 Å². The summed E-state index contributed by atoms with van der Waals surface area (Å²) in [6, 6.07) is 0. The summed E-state index contributed by atoms with van der Waals surface area (Å²) < 4.78 is 5.65. The van der Waals surface area contributed by atoms with Crippen LogP contribution in [0.3, 0.4) is 0 Å². The number of rotatable bonds is 4. The van der Waals surface area contributed by atoms with E-state index in [9.17, 15) is 0 Å². The van der Waals surface area contributed by atoms with Gasteiger partial charge in [0.2, 0.25) is 0 Å². The molecule has 0 atom stereocenters. The second-order valence-electron chi connectivity index (χ2n) is 5.04. The average molecular weight is 195 g/mol. The van der Waals surface area contributed by atoms with Gasteiger partial charge in [0, 0.05) is 6.61 Å². The molecule has 0 saturated carbocycles. The Morgan fingerprint density at radius 1 is 1.15 bits per heavy atom.